The smallest absolute Gasteiger partial charge is 0.418 e. The summed E-state index contributed by atoms with van der Waals surface area (Å²) in [5, 5.41) is 20.3. The molecule has 1 aromatic heterocycles. The maximum absolute atomic E-state index is 11.5. The Morgan fingerprint density at radius 3 is 2.55 bits per heavy atom. The molecule has 8 heteroatoms. The summed E-state index contributed by atoms with van der Waals surface area (Å²) < 4.78 is 0.847. The predicted molar refractivity (Wildman–Crippen MR) is 80.9 cm³/mol. The van der Waals surface area contributed by atoms with Crippen molar-refractivity contribution in [3.63, 3.8) is 0 Å². The summed E-state index contributed by atoms with van der Waals surface area (Å²) >= 11 is 0. The predicted octanol–water partition coefficient (Wildman–Crippen LogP) is 2.86. The summed E-state index contributed by atoms with van der Waals surface area (Å²) in [5.74, 6) is -0.168. The molecule has 116 valence electrons. The Labute approximate surface area is 126 Å². The lowest BCUT2D eigenvalue weighted by molar-refractivity contribution is -0.384. The average Bonchev–Trinajstić information content (AvgIpc) is 2.76. The maximum Gasteiger partial charge on any atom is 0.418 e. The number of nitro groups is 1. The van der Waals surface area contributed by atoms with Crippen molar-refractivity contribution in [2.75, 3.05) is 5.73 Å². The molecule has 1 aromatic carbocycles. The van der Waals surface area contributed by atoms with Crippen molar-refractivity contribution in [1.29, 1.82) is 0 Å². The molecule has 0 aliphatic carbocycles. The Bertz CT molecular complexity index is 759. The summed E-state index contributed by atoms with van der Waals surface area (Å²) in [4.78, 5) is 26.0. The van der Waals surface area contributed by atoms with Crippen molar-refractivity contribution in [2.24, 2.45) is 0 Å². The number of carboxylic acid groups (broad SMARTS) is 1. The molecule has 0 aliphatic rings. The lowest BCUT2D eigenvalue weighted by atomic mass is 9.89. The molecule has 0 amide bonds. The summed E-state index contributed by atoms with van der Waals surface area (Å²) in [6.45, 7) is 5.59. The van der Waals surface area contributed by atoms with Crippen molar-refractivity contribution >= 4 is 17.7 Å². The van der Waals surface area contributed by atoms with Crippen LogP contribution in [0.5, 0.6) is 0 Å². The monoisotopic (exact) mass is 304 g/mol. The van der Waals surface area contributed by atoms with Gasteiger partial charge in [0.2, 0.25) is 5.95 Å². The minimum absolute atomic E-state index is 0.130. The number of non-ortho nitro benzene ring substituents is 1. The first-order valence-corrected chi connectivity index (χ1v) is 6.49. The summed E-state index contributed by atoms with van der Waals surface area (Å²) in [6, 6.07) is 5.74. The van der Waals surface area contributed by atoms with Crippen molar-refractivity contribution in [3.05, 3.63) is 40.1 Å². The zero-order valence-electron chi connectivity index (χ0n) is 12.4. The fraction of sp³-hybridized carbons (Fsp3) is 0.286. The zero-order valence-corrected chi connectivity index (χ0v) is 12.4. The first-order chi connectivity index (χ1) is 10.1. The fourth-order valence-corrected chi connectivity index (χ4v) is 2.19. The standard InChI is InChI=1S/C14H16N4O4/c1-14(2,3)11-10(17(13(19)20)12(15)16-11)8-5-4-6-9(7-8)18(21)22/h4-7H,1-3H3,(H2,15,16)(H,19,20). The number of nitrogens with zero attached hydrogens (tertiary/aromatic N) is 3. The Morgan fingerprint density at radius 1 is 1.41 bits per heavy atom. The van der Waals surface area contributed by atoms with E-state index in [9.17, 15) is 20.0 Å². The number of imidazole rings is 1. The van der Waals surface area contributed by atoms with Gasteiger partial charge in [-0.15, -0.1) is 0 Å². The number of benzene rings is 1. The van der Waals surface area contributed by atoms with E-state index in [1.807, 2.05) is 20.8 Å². The number of hydrogen-bond acceptors (Lipinski definition) is 5. The third kappa shape index (κ3) is 2.62. The largest absolute Gasteiger partial charge is 0.464 e. The average molecular weight is 304 g/mol. The highest BCUT2D eigenvalue weighted by atomic mass is 16.6. The van der Waals surface area contributed by atoms with Gasteiger partial charge in [-0.2, -0.15) is 0 Å². The van der Waals surface area contributed by atoms with Gasteiger partial charge >= 0.3 is 6.09 Å². The number of nitro benzene ring substituents is 1. The minimum atomic E-state index is -1.29. The molecule has 0 fully saturated rings. The highest BCUT2D eigenvalue weighted by molar-refractivity contribution is 5.82. The minimum Gasteiger partial charge on any atom is -0.464 e. The van der Waals surface area contributed by atoms with Crippen molar-refractivity contribution in [1.82, 2.24) is 9.55 Å². The van der Waals surface area contributed by atoms with E-state index in [4.69, 9.17) is 5.73 Å². The van der Waals surface area contributed by atoms with Gasteiger partial charge in [0.05, 0.1) is 16.3 Å². The quantitative estimate of drug-likeness (QED) is 0.649. The highest BCUT2D eigenvalue weighted by Gasteiger charge is 2.29. The molecule has 8 nitrogen and oxygen atoms in total. The molecule has 0 atom stereocenters. The third-order valence-corrected chi connectivity index (χ3v) is 3.14. The van der Waals surface area contributed by atoms with Gasteiger partial charge < -0.3 is 10.8 Å². The Balaban J connectivity index is 2.80. The van der Waals surface area contributed by atoms with Crippen LogP contribution in [0, 0.1) is 10.1 Å². The summed E-state index contributed by atoms with van der Waals surface area (Å²) in [5.41, 5.74) is 6.20. The van der Waals surface area contributed by atoms with Gasteiger partial charge in [0.1, 0.15) is 0 Å². The summed E-state index contributed by atoms with van der Waals surface area (Å²) in [7, 11) is 0. The van der Waals surface area contributed by atoms with Crippen molar-refractivity contribution in [2.45, 2.75) is 26.2 Å². The van der Waals surface area contributed by atoms with Crippen LogP contribution in [0.2, 0.25) is 0 Å². The Kier molecular flexibility index (Phi) is 3.62. The zero-order chi connectivity index (χ0) is 16.7. The molecule has 0 bridgehead atoms. The molecular formula is C14H16N4O4. The van der Waals surface area contributed by atoms with Crippen LogP contribution in [-0.4, -0.2) is 25.7 Å². The topological polar surface area (TPSA) is 124 Å². The van der Waals surface area contributed by atoms with Crippen molar-refractivity contribution in [3.8, 4) is 11.3 Å². The third-order valence-electron chi connectivity index (χ3n) is 3.14. The van der Waals surface area contributed by atoms with Gasteiger partial charge in [0, 0.05) is 23.1 Å². The Hall–Kier alpha value is -2.90. The molecule has 3 N–H and O–H groups in total. The normalized spacial score (nSPS) is 11.4. The van der Waals surface area contributed by atoms with Gasteiger partial charge in [-0.3, -0.25) is 10.1 Å². The number of nitrogens with two attached hydrogens (primary N) is 1. The van der Waals surface area contributed by atoms with Gasteiger partial charge in [0.25, 0.3) is 5.69 Å². The molecule has 0 saturated carbocycles. The molecule has 22 heavy (non-hydrogen) atoms. The maximum atomic E-state index is 11.5. The molecule has 0 aliphatic heterocycles. The van der Waals surface area contributed by atoms with E-state index in [1.54, 1.807) is 6.07 Å². The molecule has 0 unspecified atom stereocenters. The number of carbonyl (C=O) groups is 1. The molecular weight excluding hydrogens is 288 g/mol. The number of rotatable bonds is 2. The highest BCUT2D eigenvalue weighted by Crippen LogP contribution is 2.35. The van der Waals surface area contributed by atoms with Crippen LogP contribution >= 0.6 is 0 Å². The molecule has 0 spiro atoms. The van der Waals surface area contributed by atoms with Crippen molar-refractivity contribution < 1.29 is 14.8 Å². The van der Waals surface area contributed by atoms with Crippen LogP contribution in [0.1, 0.15) is 26.5 Å². The fourth-order valence-electron chi connectivity index (χ4n) is 2.19. The van der Waals surface area contributed by atoms with Crippen LogP contribution in [0.4, 0.5) is 16.4 Å². The second kappa shape index (κ2) is 5.14. The number of anilines is 1. The number of aromatic nitrogens is 2. The SMILES string of the molecule is CC(C)(C)c1nc(N)n(C(=O)O)c1-c1cccc([N+](=O)[O-])c1. The van der Waals surface area contributed by atoms with Crippen LogP contribution in [-0.2, 0) is 5.41 Å². The lowest BCUT2D eigenvalue weighted by Gasteiger charge is -2.18. The first-order valence-electron chi connectivity index (χ1n) is 6.49. The Morgan fingerprint density at radius 2 is 2.05 bits per heavy atom. The van der Waals surface area contributed by atoms with E-state index in [0.29, 0.717) is 11.3 Å². The van der Waals surface area contributed by atoms with E-state index in [1.165, 1.54) is 18.2 Å². The molecule has 1 heterocycles. The van der Waals surface area contributed by atoms with E-state index in [2.05, 4.69) is 4.98 Å². The van der Waals surface area contributed by atoms with Crippen LogP contribution < -0.4 is 5.73 Å². The lowest BCUT2D eigenvalue weighted by Crippen LogP contribution is -2.16. The van der Waals surface area contributed by atoms with E-state index in [0.717, 1.165) is 4.57 Å². The van der Waals surface area contributed by atoms with Gasteiger partial charge in [-0.1, -0.05) is 32.9 Å². The van der Waals surface area contributed by atoms with Crippen LogP contribution in [0.15, 0.2) is 24.3 Å². The van der Waals surface area contributed by atoms with E-state index < -0.39 is 16.4 Å². The van der Waals surface area contributed by atoms with E-state index in [-0.39, 0.29) is 17.3 Å². The van der Waals surface area contributed by atoms with E-state index >= 15 is 0 Å². The number of hydrogen-bond donors (Lipinski definition) is 2. The molecule has 0 radical (unpaired) electrons. The van der Waals surface area contributed by atoms with Gasteiger partial charge in [0.15, 0.2) is 0 Å². The van der Waals surface area contributed by atoms with Gasteiger partial charge in [-0.05, 0) is 0 Å². The second-order valence-corrected chi connectivity index (χ2v) is 5.84. The first kappa shape index (κ1) is 15.5. The summed E-state index contributed by atoms with van der Waals surface area (Å²) in [6.07, 6.45) is -1.29. The van der Waals surface area contributed by atoms with Gasteiger partial charge in [-0.25, -0.2) is 14.3 Å². The molecule has 0 saturated heterocycles. The second-order valence-electron chi connectivity index (χ2n) is 5.84. The molecule has 2 rings (SSSR count). The van der Waals surface area contributed by atoms with Crippen LogP contribution in [0.25, 0.3) is 11.3 Å². The molecule has 2 aromatic rings. The van der Waals surface area contributed by atoms with Crippen LogP contribution in [0.3, 0.4) is 0 Å². The number of nitrogen functional groups attached to an aromatic ring is 1.